The number of nitrogens with one attached hydrogen (secondary N) is 6. The van der Waals surface area contributed by atoms with E-state index in [1.807, 2.05) is 97.1 Å². The van der Waals surface area contributed by atoms with Crippen molar-refractivity contribution in [3.8, 4) is 0 Å². The van der Waals surface area contributed by atoms with Gasteiger partial charge in [-0.2, -0.15) is 36.8 Å². The predicted octanol–water partition coefficient (Wildman–Crippen LogP) is 12.8. The Morgan fingerprint density at radius 2 is 0.645 bits per heavy atom. The van der Waals surface area contributed by atoms with Crippen molar-refractivity contribution >= 4 is 186 Å². The molecule has 12 rings (SSSR count). The summed E-state index contributed by atoms with van der Waals surface area (Å²) in [5, 5.41) is 21.3. The molecule has 6 heterocycles. The maximum atomic E-state index is 13.0. The third-order valence-corrected chi connectivity index (χ3v) is 16.7. The first-order chi connectivity index (χ1) is 36.8. The average molecular weight is 1120 g/mol. The van der Waals surface area contributed by atoms with E-state index in [4.69, 9.17) is 0 Å². The molecule has 20 nitrogen and oxygen atoms in total. The lowest BCUT2D eigenvalue weighted by Gasteiger charge is -2.13. The van der Waals surface area contributed by atoms with Crippen molar-refractivity contribution in [3.05, 3.63) is 157 Å². The molecule has 0 aliphatic carbocycles. The van der Waals surface area contributed by atoms with Gasteiger partial charge in [-0.3, -0.25) is 9.11 Å². The highest BCUT2D eigenvalue weighted by Crippen LogP contribution is 2.35. The molecule has 0 aliphatic heterocycles. The molecule has 76 heavy (non-hydrogen) atoms. The average Bonchev–Trinajstić information content (AvgIpc) is 4.22. The van der Waals surface area contributed by atoms with Crippen molar-refractivity contribution in [2.45, 2.75) is 9.79 Å². The molecule has 0 bridgehead atoms. The molecule has 0 amide bonds. The van der Waals surface area contributed by atoms with Crippen LogP contribution in [0, 0.1) is 0 Å². The van der Waals surface area contributed by atoms with Crippen molar-refractivity contribution in [2.75, 3.05) is 31.9 Å². The van der Waals surface area contributed by atoms with Gasteiger partial charge < -0.3 is 31.9 Å². The van der Waals surface area contributed by atoms with Crippen LogP contribution in [-0.2, 0) is 20.2 Å². The number of para-hydroxylation sites is 4. The molecule has 376 valence electrons. The Kier molecular flexibility index (Phi) is 12.7. The number of aromatic nitrogens is 8. The van der Waals surface area contributed by atoms with Crippen LogP contribution in [-0.4, -0.2) is 65.8 Å². The number of hydrogen-bond acceptors (Lipinski definition) is 22. The summed E-state index contributed by atoms with van der Waals surface area (Å²) in [7, 11) is -9.79. The van der Waals surface area contributed by atoms with E-state index in [1.165, 1.54) is 93.9 Å². The Morgan fingerprint density at radius 1 is 0.355 bits per heavy atom. The largest absolute Gasteiger partial charge is 0.324 e. The summed E-state index contributed by atoms with van der Waals surface area (Å²) in [5.41, 5.74) is 3.55. The fourth-order valence-electron chi connectivity index (χ4n) is 7.79. The van der Waals surface area contributed by atoms with E-state index in [0.717, 1.165) is 40.9 Å². The molecule has 0 radical (unpaired) electrons. The number of hydrogen-bond donors (Lipinski definition) is 8. The number of anilines is 12. The van der Waals surface area contributed by atoms with Gasteiger partial charge in [0.15, 0.2) is 20.5 Å². The zero-order chi connectivity index (χ0) is 52.0. The van der Waals surface area contributed by atoms with E-state index in [-0.39, 0.29) is 34.4 Å². The van der Waals surface area contributed by atoms with Gasteiger partial charge in [0.1, 0.15) is 33.1 Å². The molecular weight excluding hydrogens is 1090 g/mol. The predicted molar refractivity (Wildman–Crippen MR) is 304 cm³/mol. The van der Waals surface area contributed by atoms with Crippen LogP contribution in [0.25, 0.3) is 53.0 Å². The molecule has 8 N–H and O–H groups in total. The fourth-order valence-corrected chi connectivity index (χ4v) is 12.7. The first-order valence-corrected chi connectivity index (χ1v) is 28.6. The minimum atomic E-state index is -4.90. The van der Waals surface area contributed by atoms with Crippen LogP contribution < -0.4 is 31.9 Å². The van der Waals surface area contributed by atoms with Crippen molar-refractivity contribution < 1.29 is 25.9 Å². The molecule has 0 fully saturated rings. The summed E-state index contributed by atoms with van der Waals surface area (Å²) in [5.74, 6) is 1.51. The van der Waals surface area contributed by atoms with Crippen LogP contribution in [0.5, 0.6) is 0 Å². The van der Waals surface area contributed by atoms with E-state index >= 15 is 0 Å². The smallest absolute Gasteiger partial charge is 0.295 e. The first kappa shape index (κ1) is 48.3. The van der Waals surface area contributed by atoms with Crippen LogP contribution in [0.1, 0.15) is 11.1 Å². The van der Waals surface area contributed by atoms with Crippen LogP contribution in [0.2, 0.25) is 0 Å². The van der Waals surface area contributed by atoms with E-state index in [2.05, 4.69) is 71.8 Å². The highest BCUT2D eigenvalue weighted by Gasteiger charge is 2.20. The molecule has 0 saturated heterocycles. The zero-order valence-corrected chi connectivity index (χ0v) is 43.5. The van der Waals surface area contributed by atoms with Gasteiger partial charge in [0.05, 0.1) is 40.9 Å². The first-order valence-electron chi connectivity index (χ1n) is 22.5. The third-order valence-electron chi connectivity index (χ3n) is 11.1. The molecule has 26 heteroatoms. The molecule has 12 aromatic rings. The van der Waals surface area contributed by atoms with Gasteiger partial charge in [-0.15, -0.1) is 0 Å². The molecule has 0 unspecified atom stereocenters. The summed E-state index contributed by atoms with van der Waals surface area (Å²) in [6.45, 7) is 0. The van der Waals surface area contributed by atoms with E-state index in [0.29, 0.717) is 43.8 Å². The van der Waals surface area contributed by atoms with Gasteiger partial charge in [-0.25, -0.2) is 19.9 Å². The van der Waals surface area contributed by atoms with Crippen LogP contribution in [0.4, 0.5) is 67.1 Å². The van der Waals surface area contributed by atoms with Gasteiger partial charge in [0.25, 0.3) is 20.2 Å². The summed E-state index contributed by atoms with van der Waals surface area (Å²) in [6.07, 6.45) is 2.59. The fraction of sp³-hybridized carbons (Fsp3) is 0. The number of rotatable bonds is 16. The molecule has 6 aromatic heterocycles. The Balaban J connectivity index is 0.826. The van der Waals surface area contributed by atoms with Gasteiger partial charge in [-0.1, -0.05) is 118 Å². The van der Waals surface area contributed by atoms with Crippen molar-refractivity contribution in [1.29, 1.82) is 0 Å². The maximum Gasteiger partial charge on any atom is 0.295 e. The Morgan fingerprint density at radius 3 is 0.921 bits per heavy atom. The summed E-state index contributed by atoms with van der Waals surface area (Å²) in [4.78, 5) is 36.2. The van der Waals surface area contributed by atoms with E-state index < -0.39 is 30.0 Å². The SMILES string of the molecule is O=S(=O)(O)c1cc(Nc2nc(Nc3nc4ccccc4s3)cc(Nc3nc4ccccc4s3)n2)ccc1C=Cc1ccc(Nc2nc(Nc3nc4ccccc4s3)cc(Nc3nc4ccccc4s3)n2)cc1S(=O)(=O)O. The minimum Gasteiger partial charge on any atom is -0.324 e. The number of thiazole rings is 4. The zero-order valence-electron chi connectivity index (χ0n) is 38.6. The summed E-state index contributed by atoms with van der Waals surface area (Å²) >= 11 is 5.73. The highest BCUT2D eigenvalue weighted by molar-refractivity contribution is 7.86. The second kappa shape index (κ2) is 19.9. The molecule has 6 aromatic carbocycles. The standard InChI is InChI=1S/C50H34N14O6S6/c65-75(66,67)39-23-29(51-45-57-41(61-47-53-31-9-1-5-13-35(31)71-47)25-42(58-45)62-48-54-32-10-2-6-14-36(32)72-48)21-19-27(39)17-18-28-20-22-30(24-40(28)76(68,69)70)52-46-59-43(63-49-55-33-11-3-7-15-37(33)73-49)26-44(60-46)64-50-56-34-12-4-8-16-38(34)74-50/h1-26H,(H,65,66,67)(H,68,69,70)(H3,51,53,54,57,58,61,62)(H3,52,55,56,59,60,63,64). The number of fused-ring (bicyclic) bond motifs is 4. The Hall–Kier alpha value is -8.60. The van der Waals surface area contributed by atoms with Gasteiger partial charge in [-0.05, 0) is 83.9 Å². The normalized spacial score (nSPS) is 12.0. The quantitative estimate of drug-likeness (QED) is 0.0330. The van der Waals surface area contributed by atoms with Gasteiger partial charge in [0, 0.05) is 23.5 Å². The summed E-state index contributed by atoms with van der Waals surface area (Å²) in [6, 6.07) is 42.3. The summed E-state index contributed by atoms with van der Waals surface area (Å²) < 4.78 is 76.8. The van der Waals surface area contributed by atoms with Gasteiger partial charge >= 0.3 is 0 Å². The Labute approximate surface area is 446 Å². The van der Waals surface area contributed by atoms with Gasteiger partial charge in [0.2, 0.25) is 11.9 Å². The van der Waals surface area contributed by atoms with E-state index in [1.54, 1.807) is 12.1 Å². The topological polar surface area (TPSA) is 284 Å². The second-order valence-electron chi connectivity index (χ2n) is 16.4. The monoisotopic (exact) mass is 1120 g/mol. The molecule has 0 saturated carbocycles. The molecule has 0 aliphatic rings. The lowest BCUT2D eigenvalue weighted by atomic mass is 10.1. The third kappa shape index (κ3) is 10.8. The van der Waals surface area contributed by atoms with E-state index in [9.17, 15) is 25.9 Å². The number of nitrogens with zero attached hydrogens (tertiary/aromatic N) is 8. The van der Waals surface area contributed by atoms with Crippen molar-refractivity contribution in [2.24, 2.45) is 0 Å². The minimum absolute atomic E-state index is 0.0131. The Bertz CT molecular complexity index is 3880. The molecular formula is C50H34N14O6S6. The number of benzene rings is 6. The molecule has 0 spiro atoms. The lowest BCUT2D eigenvalue weighted by molar-refractivity contribution is 0.480. The lowest BCUT2D eigenvalue weighted by Crippen LogP contribution is -2.06. The second-order valence-corrected chi connectivity index (χ2v) is 23.3. The molecule has 0 atom stereocenters. The van der Waals surface area contributed by atoms with Crippen LogP contribution >= 0.6 is 45.3 Å². The highest BCUT2D eigenvalue weighted by atomic mass is 32.2. The van der Waals surface area contributed by atoms with Crippen LogP contribution in [0.15, 0.2) is 155 Å². The van der Waals surface area contributed by atoms with Crippen molar-refractivity contribution in [3.63, 3.8) is 0 Å². The maximum absolute atomic E-state index is 13.0. The van der Waals surface area contributed by atoms with Crippen molar-refractivity contribution in [1.82, 2.24) is 39.9 Å². The van der Waals surface area contributed by atoms with Crippen LogP contribution in [0.3, 0.4) is 0 Å².